The van der Waals surface area contributed by atoms with Gasteiger partial charge < -0.3 is 15.4 Å². The largest absolute Gasteiger partial charge is 0.477 e. The van der Waals surface area contributed by atoms with Gasteiger partial charge in [-0.1, -0.05) is 0 Å². The van der Waals surface area contributed by atoms with Crippen LogP contribution in [-0.2, 0) is 7.05 Å². The number of H-pyrrole nitrogens is 1. The fourth-order valence-corrected chi connectivity index (χ4v) is 3.42. The maximum absolute atomic E-state index is 12.5. The van der Waals surface area contributed by atoms with E-state index in [0.29, 0.717) is 27.3 Å². The number of nitrogens with one attached hydrogen (secondary N) is 2. The van der Waals surface area contributed by atoms with Crippen LogP contribution < -0.4 is 11.0 Å². The van der Waals surface area contributed by atoms with Crippen LogP contribution in [0.5, 0.6) is 0 Å². The van der Waals surface area contributed by atoms with Crippen LogP contribution in [0.25, 0.3) is 11.0 Å². The van der Waals surface area contributed by atoms with E-state index in [1.807, 2.05) is 0 Å². The van der Waals surface area contributed by atoms with Gasteiger partial charge in [0, 0.05) is 12.6 Å². The molecule has 1 amide bonds. The quantitative estimate of drug-likeness (QED) is 0.656. The minimum atomic E-state index is -1.03. The third-order valence-corrected chi connectivity index (χ3v) is 5.22. The molecule has 3 rings (SSSR count). The SMILES string of the molecule is Cc1nc(C(C)NC(=O)c2ccc3[nH]c(=O)n(C)c3c2)sc1C(=O)O. The predicted molar refractivity (Wildman–Crippen MR) is 93.2 cm³/mol. The van der Waals surface area contributed by atoms with Crippen LogP contribution in [-0.4, -0.2) is 31.5 Å². The summed E-state index contributed by atoms with van der Waals surface area (Å²) in [5.74, 6) is -1.36. The van der Waals surface area contributed by atoms with Gasteiger partial charge in [0.2, 0.25) is 0 Å². The lowest BCUT2D eigenvalue weighted by atomic mass is 10.1. The van der Waals surface area contributed by atoms with Crippen molar-refractivity contribution in [1.29, 1.82) is 0 Å². The van der Waals surface area contributed by atoms with Crippen molar-refractivity contribution >= 4 is 34.2 Å². The molecule has 0 fully saturated rings. The smallest absolute Gasteiger partial charge is 0.347 e. The maximum Gasteiger partial charge on any atom is 0.347 e. The van der Waals surface area contributed by atoms with Gasteiger partial charge in [-0.05, 0) is 32.0 Å². The molecule has 0 aliphatic rings. The zero-order valence-corrected chi connectivity index (χ0v) is 14.6. The number of aromatic amines is 1. The van der Waals surface area contributed by atoms with Gasteiger partial charge in [-0.3, -0.25) is 9.36 Å². The molecule has 130 valence electrons. The Balaban J connectivity index is 1.84. The first-order chi connectivity index (χ1) is 11.8. The number of aromatic carboxylic acids is 1. The van der Waals surface area contributed by atoms with Gasteiger partial charge in [0.25, 0.3) is 5.91 Å². The summed E-state index contributed by atoms with van der Waals surface area (Å²) < 4.78 is 1.43. The highest BCUT2D eigenvalue weighted by Gasteiger charge is 2.20. The number of imidazole rings is 1. The van der Waals surface area contributed by atoms with Crippen molar-refractivity contribution in [1.82, 2.24) is 19.9 Å². The van der Waals surface area contributed by atoms with E-state index >= 15 is 0 Å². The molecule has 8 nitrogen and oxygen atoms in total. The van der Waals surface area contributed by atoms with Gasteiger partial charge in [0.1, 0.15) is 9.88 Å². The number of rotatable bonds is 4. The molecule has 0 saturated carbocycles. The van der Waals surface area contributed by atoms with Crippen LogP contribution in [0.2, 0.25) is 0 Å². The number of carbonyl (C=O) groups excluding carboxylic acids is 1. The second kappa shape index (κ2) is 6.17. The van der Waals surface area contributed by atoms with Crippen LogP contribution in [0.1, 0.15) is 43.7 Å². The molecule has 0 saturated heterocycles. The molecule has 1 unspecified atom stereocenters. The van der Waals surface area contributed by atoms with Gasteiger partial charge in [-0.25, -0.2) is 14.6 Å². The highest BCUT2D eigenvalue weighted by molar-refractivity contribution is 7.13. The molecule has 1 aromatic carbocycles. The predicted octanol–water partition coefficient (Wildman–Crippen LogP) is 1.82. The first-order valence-electron chi connectivity index (χ1n) is 7.48. The van der Waals surface area contributed by atoms with E-state index in [2.05, 4.69) is 15.3 Å². The molecule has 0 spiro atoms. The Hall–Kier alpha value is -2.94. The summed E-state index contributed by atoms with van der Waals surface area (Å²) in [5, 5.41) is 12.4. The van der Waals surface area contributed by atoms with Crippen molar-refractivity contribution in [2.75, 3.05) is 0 Å². The number of hydrogen-bond donors (Lipinski definition) is 3. The highest BCUT2D eigenvalue weighted by atomic mass is 32.1. The fourth-order valence-electron chi connectivity index (χ4n) is 2.51. The summed E-state index contributed by atoms with van der Waals surface area (Å²) in [7, 11) is 1.62. The number of carboxylic acids is 1. The third kappa shape index (κ3) is 3.05. The number of aromatic nitrogens is 3. The van der Waals surface area contributed by atoms with Crippen LogP contribution in [0.4, 0.5) is 0 Å². The zero-order valence-electron chi connectivity index (χ0n) is 13.8. The Morgan fingerprint density at radius 1 is 1.40 bits per heavy atom. The molecule has 9 heteroatoms. The zero-order chi connectivity index (χ0) is 18.3. The number of carboxylic acid groups (broad SMARTS) is 1. The third-order valence-electron chi connectivity index (χ3n) is 3.89. The van der Waals surface area contributed by atoms with Crippen LogP contribution in [0.15, 0.2) is 23.0 Å². The lowest BCUT2D eigenvalue weighted by Crippen LogP contribution is -2.26. The molecule has 3 aromatic rings. The normalized spacial score (nSPS) is 12.3. The molecule has 2 heterocycles. The molecular weight excluding hydrogens is 344 g/mol. The first-order valence-corrected chi connectivity index (χ1v) is 8.30. The van der Waals surface area contributed by atoms with Crippen molar-refractivity contribution in [3.8, 4) is 0 Å². The molecule has 2 aromatic heterocycles. The van der Waals surface area contributed by atoms with Crippen molar-refractivity contribution < 1.29 is 14.7 Å². The lowest BCUT2D eigenvalue weighted by molar-refractivity contribution is 0.0701. The number of fused-ring (bicyclic) bond motifs is 1. The highest BCUT2D eigenvalue weighted by Crippen LogP contribution is 2.24. The molecule has 1 atom stereocenters. The summed E-state index contributed by atoms with van der Waals surface area (Å²) >= 11 is 1.05. The Kier molecular flexibility index (Phi) is 4.17. The van der Waals surface area contributed by atoms with E-state index in [0.717, 1.165) is 11.3 Å². The standard InChI is InChI=1S/C16H16N4O4S/c1-7-12(15(22)23)25-14(18-7)8(2)17-13(21)9-4-5-10-11(6-9)20(3)16(24)19-10/h4-6,8H,1-3H3,(H,17,21)(H,19,24)(H,22,23). The summed E-state index contributed by atoms with van der Waals surface area (Å²) in [4.78, 5) is 42.3. The topological polar surface area (TPSA) is 117 Å². The second-order valence-corrected chi connectivity index (χ2v) is 6.72. The average molecular weight is 360 g/mol. The van der Waals surface area contributed by atoms with Gasteiger partial charge in [-0.2, -0.15) is 0 Å². The molecule has 3 N–H and O–H groups in total. The lowest BCUT2D eigenvalue weighted by Gasteiger charge is -2.11. The number of hydrogen-bond acceptors (Lipinski definition) is 5. The molecule has 0 aliphatic heterocycles. The van der Waals surface area contributed by atoms with E-state index in [1.165, 1.54) is 4.57 Å². The maximum atomic E-state index is 12.5. The Morgan fingerprint density at radius 2 is 2.12 bits per heavy atom. The first kappa shape index (κ1) is 16.9. The molecule has 0 bridgehead atoms. The summed E-state index contributed by atoms with van der Waals surface area (Å²) in [6.07, 6.45) is 0. The number of carbonyl (C=O) groups is 2. The van der Waals surface area contributed by atoms with Gasteiger partial charge in [0.15, 0.2) is 0 Å². The molecule has 25 heavy (non-hydrogen) atoms. The van der Waals surface area contributed by atoms with Crippen LogP contribution >= 0.6 is 11.3 Å². The Labute approximate surface area is 146 Å². The van der Waals surface area contributed by atoms with Crippen molar-refractivity contribution in [2.45, 2.75) is 19.9 Å². The van der Waals surface area contributed by atoms with E-state index in [-0.39, 0.29) is 16.5 Å². The van der Waals surface area contributed by atoms with Crippen LogP contribution in [0, 0.1) is 6.92 Å². The van der Waals surface area contributed by atoms with Crippen molar-refractivity contribution in [3.05, 3.63) is 49.8 Å². The summed E-state index contributed by atoms with van der Waals surface area (Å²) in [6, 6.07) is 4.49. The van der Waals surface area contributed by atoms with E-state index < -0.39 is 12.0 Å². The van der Waals surface area contributed by atoms with E-state index in [4.69, 9.17) is 5.11 Å². The Bertz CT molecular complexity index is 1050. The van der Waals surface area contributed by atoms with Crippen LogP contribution in [0.3, 0.4) is 0 Å². The number of aryl methyl sites for hydroxylation is 2. The number of amides is 1. The minimum Gasteiger partial charge on any atom is -0.477 e. The van der Waals surface area contributed by atoms with E-state index in [1.54, 1.807) is 39.1 Å². The van der Waals surface area contributed by atoms with Gasteiger partial charge >= 0.3 is 11.7 Å². The summed E-state index contributed by atoms with van der Waals surface area (Å²) in [5.41, 5.74) is 1.86. The van der Waals surface area contributed by atoms with Gasteiger partial charge in [0.05, 0.1) is 22.8 Å². The van der Waals surface area contributed by atoms with E-state index in [9.17, 15) is 14.4 Å². The number of nitrogens with zero attached hydrogens (tertiary/aromatic N) is 2. The summed E-state index contributed by atoms with van der Waals surface area (Å²) in [6.45, 7) is 3.37. The molecule has 0 aliphatic carbocycles. The second-order valence-electron chi connectivity index (χ2n) is 5.69. The molecule has 0 radical (unpaired) electrons. The average Bonchev–Trinajstić information content (AvgIpc) is 3.08. The monoisotopic (exact) mass is 360 g/mol. The molecular formula is C16H16N4O4S. The van der Waals surface area contributed by atoms with Gasteiger partial charge in [-0.15, -0.1) is 11.3 Å². The fraction of sp³-hybridized carbons (Fsp3) is 0.250. The number of benzene rings is 1. The van der Waals surface area contributed by atoms with Crippen molar-refractivity contribution in [3.63, 3.8) is 0 Å². The number of thiazole rings is 1. The van der Waals surface area contributed by atoms with Crippen molar-refractivity contribution in [2.24, 2.45) is 7.05 Å². The Morgan fingerprint density at radius 3 is 2.76 bits per heavy atom. The minimum absolute atomic E-state index is 0.167.